The van der Waals surface area contributed by atoms with Crippen molar-refractivity contribution in [2.24, 2.45) is 17.1 Å². The molecule has 1 saturated carbocycles. The summed E-state index contributed by atoms with van der Waals surface area (Å²) in [7, 11) is 0. The first kappa shape index (κ1) is 13.4. The summed E-state index contributed by atoms with van der Waals surface area (Å²) >= 11 is 7.71. The predicted octanol–water partition coefficient (Wildman–Crippen LogP) is 4.49. The molecule has 0 spiro atoms. The average molecular weight is 272 g/mol. The SMILES string of the molecule is CCC1CCC(CN)(Cc2ccc(Cl)s2)CC1. The van der Waals surface area contributed by atoms with Crippen LogP contribution in [0.3, 0.4) is 0 Å². The molecule has 3 heteroatoms. The van der Waals surface area contributed by atoms with E-state index in [0.717, 1.165) is 23.2 Å². The molecule has 0 atom stereocenters. The maximum absolute atomic E-state index is 6.05. The van der Waals surface area contributed by atoms with Crippen molar-refractivity contribution in [3.05, 3.63) is 21.3 Å². The van der Waals surface area contributed by atoms with Gasteiger partial charge in [0.15, 0.2) is 0 Å². The minimum atomic E-state index is 0.347. The fourth-order valence-corrected chi connectivity index (χ4v) is 4.23. The van der Waals surface area contributed by atoms with Gasteiger partial charge in [-0.15, -0.1) is 11.3 Å². The molecule has 2 N–H and O–H groups in total. The Morgan fingerprint density at radius 2 is 2.12 bits per heavy atom. The molecule has 0 unspecified atom stereocenters. The second-order valence-electron chi connectivity index (χ2n) is 5.44. The van der Waals surface area contributed by atoms with Crippen molar-refractivity contribution in [3.8, 4) is 0 Å². The van der Waals surface area contributed by atoms with Gasteiger partial charge in [0, 0.05) is 4.88 Å². The fraction of sp³-hybridized carbons (Fsp3) is 0.714. The van der Waals surface area contributed by atoms with Crippen molar-refractivity contribution in [1.82, 2.24) is 0 Å². The first-order valence-corrected chi connectivity index (χ1v) is 7.81. The molecule has 1 aliphatic carbocycles. The van der Waals surface area contributed by atoms with Crippen LogP contribution in [0.2, 0.25) is 4.34 Å². The Kier molecular flexibility index (Phi) is 4.51. The molecule has 1 heterocycles. The molecule has 1 fully saturated rings. The topological polar surface area (TPSA) is 26.0 Å². The van der Waals surface area contributed by atoms with Crippen molar-refractivity contribution in [2.45, 2.75) is 45.4 Å². The number of hydrogen-bond acceptors (Lipinski definition) is 2. The summed E-state index contributed by atoms with van der Waals surface area (Å²) in [6.07, 6.45) is 7.73. The quantitative estimate of drug-likeness (QED) is 0.858. The summed E-state index contributed by atoms with van der Waals surface area (Å²) in [5, 5.41) is 0. The van der Waals surface area contributed by atoms with Crippen LogP contribution in [0.4, 0.5) is 0 Å². The molecular weight excluding hydrogens is 250 g/mol. The normalized spacial score (nSPS) is 29.5. The molecule has 0 aliphatic heterocycles. The van der Waals surface area contributed by atoms with Crippen molar-refractivity contribution < 1.29 is 0 Å². The average Bonchev–Trinajstić information content (AvgIpc) is 2.75. The van der Waals surface area contributed by atoms with E-state index in [4.69, 9.17) is 17.3 Å². The molecule has 96 valence electrons. The van der Waals surface area contributed by atoms with Crippen LogP contribution in [-0.2, 0) is 6.42 Å². The van der Waals surface area contributed by atoms with E-state index in [9.17, 15) is 0 Å². The number of halogens is 1. The van der Waals surface area contributed by atoms with Crippen molar-refractivity contribution in [2.75, 3.05) is 6.54 Å². The minimum absolute atomic E-state index is 0.347. The lowest BCUT2D eigenvalue weighted by Crippen LogP contribution is -2.36. The molecule has 0 bridgehead atoms. The zero-order chi connectivity index (χ0) is 12.3. The van der Waals surface area contributed by atoms with E-state index in [-0.39, 0.29) is 0 Å². The minimum Gasteiger partial charge on any atom is -0.330 e. The fourth-order valence-electron chi connectivity index (χ4n) is 2.97. The van der Waals surface area contributed by atoms with Gasteiger partial charge in [0.05, 0.1) is 4.34 Å². The Balaban J connectivity index is 2.01. The van der Waals surface area contributed by atoms with Gasteiger partial charge in [0.2, 0.25) is 0 Å². The van der Waals surface area contributed by atoms with Gasteiger partial charge < -0.3 is 5.73 Å². The van der Waals surface area contributed by atoms with Crippen LogP contribution in [-0.4, -0.2) is 6.54 Å². The molecule has 1 aromatic heterocycles. The summed E-state index contributed by atoms with van der Waals surface area (Å²) < 4.78 is 0.898. The highest BCUT2D eigenvalue weighted by molar-refractivity contribution is 7.16. The van der Waals surface area contributed by atoms with Gasteiger partial charge in [-0.05, 0) is 62.1 Å². The highest BCUT2D eigenvalue weighted by Crippen LogP contribution is 2.42. The molecular formula is C14H22ClNS. The van der Waals surface area contributed by atoms with E-state index < -0.39 is 0 Å². The monoisotopic (exact) mass is 271 g/mol. The summed E-state index contributed by atoms with van der Waals surface area (Å²) in [5.74, 6) is 0.932. The van der Waals surface area contributed by atoms with E-state index in [1.54, 1.807) is 11.3 Å². The Hall–Kier alpha value is -0.0500. The van der Waals surface area contributed by atoms with Gasteiger partial charge >= 0.3 is 0 Å². The van der Waals surface area contributed by atoms with E-state index >= 15 is 0 Å². The first-order chi connectivity index (χ1) is 8.17. The third-order valence-corrected chi connectivity index (χ3v) is 5.59. The molecule has 0 amide bonds. The van der Waals surface area contributed by atoms with Crippen LogP contribution >= 0.6 is 22.9 Å². The molecule has 0 radical (unpaired) electrons. The van der Waals surface area contributed by atoms with Crippen LogP contribution in [0.5, 0.6) is 0 Å². The van der Waals surface area contributed by atoms with Crippen molar-refractivity contribution in [3.63, 3.8) is 0 Å². The van der Waals surface area contributed by atoms with E-state index in [1.165, 1.54) is 37.0 Å². The molecule has 1 aliphatic rings. The zero-order valence-corrected chi connectivity index (χ0v) is 12.1. The Morgan fingerprint density at radius 1 is 1.41 bits per heavy atom. The van der Waals surface area contributed by atoms with Crippen molar-refractivity contribution in [1.29, 1.82) is 0 Å². The second-order valence-corrected chi connectivity index (χ2v) is 7.24. The lowest BCUT2D eigenvalue weighted by Gasteiger charge is -2.39. The van der Waals surface area contributed by atoms with Crippen LogP contribution in [0.1, 0.15) is 43.9 Å². The largest absolute Gasteiger partial charge is 0.330 e. The molecule has 0 aromatic carbocycles. The number of thiophene rings is 1. The van der Waals surface area contributed by atoms with E-state index in [1.807, 2.05) is 6.07 Å². The van der Waals surface area contributed by atoms with Gasteiger partial charge in [0.1, 0.15) is 0 Å². The van der Waals surface area contributed by atoms with Gasteiger partial charge in [-0.1, -0.05) is 24.9 Å². The first-order valence-electron chi connectivity index (χ1n) is 6.62. The highest BCUT2D eigenvalue weighted by Gasteiger charge is 2.34. The zero-order valence-electron chi connectivity index (χ0n) is 10.5. The Labute approximate surface area is 113 Å². The maximum atomic E-state index is 6.05. The second kappa shape index (κ2) is 5.73. The highest BCUT2D eigenvalue weighted by atomic mass is 35.5. The summed E-state index contributed by atoms with van der Waals surface area (Å²) in [4.78, 5) is 1.40. The molecule has 17 heavy (non-hydrogen) atoms. The van der Waals surface area contributed by atoms with E-state index in [0.29, 0.717) is 5.41 Å². The van der Waals surface area contributed by atoms with Gasteiger partial charge in [-0.2, -0.15) is 0 Å². The number of nitrogens with two attached hydrogens (primary N) is 1. The van der Waals surface area contributed by atoms with Crippen molar-refractivity contribution >= 4 is 22.9 Å². The van der Waals surface area contributed by atoms with Gasteiger partial charge in [0.25, 0.3) is 0 Å². The molecule has 1 nitrogen and oxygen atoms in total. The summed E-state index contributed by atoms with van der Waals surface area (Å²) in [6, 6.07) is 4.17. The third kappa shape index (κ3) is 3.24. The Bertz CT molecular complexity index is 353. The standard InChI is InChI=1S/C14H22ClNS/c1-2-11-5-7-14(10-16,8-6-11)9-12-3-4-13(15)17-12/h3-4,11H,2,5-10,16H2,1H3. The predicted molar refractivity (Wildman–Crippen MR) is 76.8 cm³/mol. The van der Waals surface area contributed by atoms with Crippen LogP contribution < -0.4 is 5.73 Å². The lowest BCUT2D eigenvalue weighted by molar-refractivity contribution is 0.154. The maximum Gasteiger partial charge on any atom is 0.0931 e. The van der Waals surface area contributed by atoms with Crippen LogP contribution in [0.25, 0.3) is 0 Å². The van der Waals surface area contributed by atoms with Gasteiger partial charge in [-0.3, -0.25) is 0 Å². The Morgan fingerprint density at radius 3 is 2.59 bits per heavy atom. The smallest absolute Gasteiger partial charge is 0.0931 e. The molecule has 2 rings (SSSR count). The molecule has 0 saturated heterocycles. The van der Waals surface area contributed by atoms with E-state index in [2.05, 4.69) is 13.0 Å². The van der Waals surface area contributed by atoms with Crippen LogP contribution in [0.15, 0.2) is 12.1 Å². The summed E-state index contributed by atoms with van der Waals surface area (Å²) in [5.41, 5.74) is 6.40. The van der Waals surface area contributed by atoms with Gasteiger partial charge in [-0.25, -0.2) is 0 Å². The molecule has 1 aromatic rings. The number of rotatable bonds is 4. The summed E-state index contributed by atoms with van der Waals surface area (Å²) in [6.45, 7) is 3.12. The van der Waals surface area contributed by atoms with Crippen LogP contribution in [0, 0.1) is 11.3 Å². The third-order valence-electron chi connectivity index (χ3n) is 4.35. The lowest BCUT2D eigenvalue weighted by atomic mass is 9.68. The number of hydrogen-bond donors (Lipinski definition) is 1.